The molecule has 4 nitrogen and oxygen atoms in total. The number of nitrogens with zero attached hydrogens (tertiary/aromatic N) is 1. The predicted octanol–water partition coefficient (Wildman–Crippen LogP) is 5.07. The van der Waals surface area contributed by atoms with Gasteiger partial charge in [-0.05, 0) is 41.7 Å². The standard InChI is InChI=1S/C25H30NO3.Y/c1-4-5-9-23(27)18-10-12-19(13-11-18)25-21(22(26-2)16-24(25)28)15-17-7-6-8-20(14-17)29-3;/h6-8,10-14,21-25,27-28H,3-5,9,15-16H2,1H3;/q-1;/t21?,22-,23?,24-,25?;/m1./s1. The second-order valence-corrected chi connectivity index (χ2v) is 8.01. The van der Waals surface area contributed by atoms with Gasteiger partial charge >= 0.3 is 0 Å². The Bertz CT molecular complexity index is 833. The van der Waals surface area contributed by atoms with Gasteiger partial charge in [-0.3, -0.25) is 0 Å². The zero-order chi connectivity index (χ0) is 20.8. The third-order valence-corrected chi connectivity index (χ3v) is 6.09. The first-order chi connectivity index (χ1) is 14.1. The van der Waals surface area contributed by atoms with Crippen LogP contribution in [0.25, 0.3) is 4.85 Å². The number of aliphatic hydroxyl groups excluding tert-OH is 2. The summed E-state index contributed by atoms with van der Waals surface area (Å²) in [5, 5.41) is 21.1. The van der Waals surface area contributed by atoms with E-state index in [1.54, 1.807) is 0 Å². The molecule has 157 valence electrons. The summed E-state index contributed by atoms with van der Waals surface area (Å²) in [6.07, 6.45) is 3.02. The molecule has 1 aliphatic carbocycles. The van der Waals surface area contributed by atoms with Crippen LogP contribution in [-0.2, 0) is 39.1 Å². The van der Waals surface area contributed by atoms with Crippen LogP contribution < -0.4 is 4.74 Å². The first-order valence-electron chi connectivity index (χ1n) is 10.4. The van der Waals surface area contributed by atoms with E-state index in [1.165, 1.54) is 0 Å². The molecule has 1 aliphatic rings. The van der Waals surface area contributed by atoms with Gasteiger partial charge in [0.1, 0.15) is 0 Å². The number of hydrogen-bond acceptors (Lipinski definition) is 3. The molecule has 1 radical (unpaired) electrons. The zero-order valence-electron chi connectivity index (χ0n) is 17.6. The van der Waals surface area contributed by atoms with Crippen molar-refractivity contribution in [3.05, 3.63) is 83.7 Å². The van der Waals surface area contributed by atoms with E-state index < -0.39 is 12.2 Å². The Balaban J connectivity index is 0.00000320. The summed E-state index contributed by atoms with van der Waals surface area (Å²) in [6.45, 7) is 9.73. The Labute approximate surface area is 205 Å². The second kappa shape index (κ2) is 12.0. The molecule has 5 atom stereocenters. The molecule has 0 amide bonds. The predicted molar refractivity (Wildman–Crippen MR) is 114 cm³/mol. The maximum Gasteiger partial charge on any atom is 0.230 e. The Kier molecular flexibility index (Phi) is 9.97. The SMILES string of the molecule is [C-]#[N+][C@@H]1C[C@@H](O)C(c2ccc(C(O)CCCC)cc2)C1Cc1cccc(O[CH2-])c1.[Y]. The van der Waals surface area contributed by atoms with Crippen LogP contribution in [0.15, 0.2) is 48.5 Å². The molecular formula is C25H30NO3Y-. The van der Waals surface area contributed by atoms with E-state index >= 15 is 0 Å². The van der Waals surface area contributed by atoms with E-state index in [9.17, 15) is 10.2 Å². The van der Waals surface area contributed by atoms with Crippen LogP contribution in [0.3, 0.4) is 0 Å². The molecule has 1 saturated carbocycles. The summed E-state index contributed by atoms with van der Waals surface area (Å²) < 4.78 is 5.09. The molecule has 0 heterocycles. The smallest absolute Gasteiger partial charge is 0.230 e. The van der Waals surface area contributed by atoms with Gasteiger partial charge in [-0.2, -0.15) is 7.11 Å². The van der Waals surface area contributed by atoms with Crippen molar-refractivity contribution in [2.24, 2.45) is 5.92 Å². The van der Waals surface area contributed by atoms with Crippen molar-refractivity contribution in [2.75, 3.05) is 0 Å². The summed E-state index contributed by atoms with van der Waals surface area (Å²) >= 11 is 0. The molecule has 2 aromatic carbocycles. The van der Waals surface area contributed by atoms with Crippen molar-refractivity contribution < 1.29 is 47.7 Å². The molecule has 3 unspecified atom stereocenters. The van der Waals surface area contributed by atoms with Crippen molar-refractivity contribution in [2.45, 2.75) is 63.2 Å². The van der Waals surface area contributed by atoms with Gasteiger partial charge in [0.2, 0.25) is 6.04 Å². The summed E-state index contributed by atoms with van der Waals surface area (Å²) in [6, 6.07) is 15.5. The summed E-state index contributed by atoms with van der Waals surface area (Å²) in [7, 11) is 3.47. The number of aliphatic hydroxyl groups is 2. The third-order valence-electron chi connectivity index (χ3n) is 6.09. The number of ether oxygens (including phenoxy) is 1. The van der Waals surface area contributed by atoms with E-state index in [-0.39, 0.29) is 50.6 Å². The van der Waals surface area contributed by atoms with Gasteiger partial charge in [-0.1, -0.05) is 56.2 Å². The Hall–Kier alpha value is -1.25. The maximum absolute atomic E-state index is 10.8. The van der Waals surface area contributed by atoms with Crippen LogP contribution in [0, 0.1) is 19.6 Å². The molecule has 0 aliphatic heterocycles. The summed E-state index contributed by atoms with van der Waals surface area (Å²) in [5.74, 6) is 0.626. The molecule has 30 heavy (non-hydrogen) atoms. The van der Waals surface area contributed by atoms with Gasteiger partial charge in [0.05, 0.1) is 18.0 Å². The number of benzene rings is 2. The van der Waals surface area contributed by atoms with Gasteiger partial charge in [-0.15, -0.1) is 0 Å². The van der Waals surface area contributed by atoms with Gasteiger partial charge in [0.15, 0.2) is 0 Å². The molecule has 0 bridgehead atoms. The second-order valence-electron chi connectivity index (χ2n) is 8.01. The van der Waals surface area contributed by atoms with E-state index in [2.05, 4.69) is 18.9 Å². The average molecular weight is 481 g/mol. The molecule has 1 fully saturated rings. The minimum atomic E-state index is -0.540. The van der Waals surface area contributed by atoms with Crippen molar-refractivity contribution in [3.8, 4) is 5.75 Å². The number of hydrogen-bond donors (Lipinski definition) is 2. The summed E-state index contributed by atoms with van der Waals surface area (Å²) in [5.41, 5.74) is 3.02. The molecule has 0 spiro atoms. The van der Waals surface area contributed by atoms with Gasteiger partial charge in [-0.25, -0.2) is 6.57 Å². The Morgan fingerprint density at radius 2 is 1.97 bits per heavy atom. The third kappa shape index (κ3) is 5.92. The number of rotatable bonds is 8. The minimum Gasteiger partial charge on any atom is -0.665 e. The molecule has 0 saturated heterocycles. The first-order valence-corrected chi connectivity index (χ1v) is 10.4. The molecule has 2 aromatic rings. The molecule has 2 N–H and O–H groups in total. The Morgan fingerprint density at radius 3 is 2.60 bits per heavy atom. The topological polar surface area (TPSA) is 54.0 Å². The van der Waals surface area contributed by atoms with E-state index in [1.807, 2.05) is 48.5 Å². The van der Waals surface area contributed by atoms with Crippen LogP contribution in [0.4, 0.5) is 0 Å². The first kappa shape index (κ1) is 25.0. The van der Waals surface area contributed by atoms with Crippen LogP contribution in [0.1, 0.15) is 61.3 Å². The summed E-state index contributed by atoms with van der Waals surface area (Å²) in [4.78, 5) is 3.82. The van der Waals surface area contributed by atoms with Crippen molar-refractivity contribution in [3.63, 3.8) is 0 Å². The largest absolute Gasteiger partial charge is 0.665 e. The van der Waals surface area contributed by atoms with Gasteiger partial charge in [0.25, 0.3) is 0 Å². The fourth-order valence-corrected chi connectivity index (χ4v) is 4.51. The molecule has 3 rings (SSSR count). The fraction of sp³-hybridized carbons (Fsp3) is 0.440. The maximum atomic E-state index is 10.8. The zero-order valence-corrected chi connectivity index (χ0v) is 20.4. The fourth-order valence-electron chi connectivity index (χ4n) is 4.51. The van der Waals surface area contributed by atoms with Gasteiger partial charge in [0, 0.05) is 51.0 Å². The quantitative estimate of drug-likeness (QED) is 0.518. The van der Waals surface area contributed by atoms with Crippen molar-refractivity contribution in [1.29, 1.82) is 0 Å². The van der Waals surface area contributed by atoms with Crippen LogP contribution in [0.5, 0.6) is 5.75 Å². The van der Waals surface area contributed by atoms with E-state index in [0.29, 0.717) is 18.6 Å². The molecular weight excluding hydrogens is 451 g/mol. The van der Waals surface area contributed by atoms with E-state index in [4.69, 9.17) is 11.3 Å². The monoisotopic (exact) mass is 481 g/mol. The normalized spacial score (nSPS) is 24.0. The molecule has 5 heteroatoms. The van der Waals surface area contributed by atoms with Crippen LogP contribution >= 0.6 is 0 Å². The van der Waals surface area contributed by atoms with Crippen LogP contribution in [0.2, 0.25) is 0 Å². The van der Waals surface area contributed by atoms with E-state index in [0.717, 1.165) is 36.0 Å². The van der Waals surface area contributed by atoms with Crippen molar-refractivity contribution in [1.82, 2.24) is 0 Å². The molecule has 0 aromatic heterocycles. The minimum absolute atomic E-state index is 0. The van der Waals surface area contributed by atoms with Crippen LogP contribution in [-0.4, -0.2) is 22.4 Å². The van der Waals surface area contributed by atoms with Crippen molar-refractivity contribution >= 4 is 0 Å². The Morgan fingerprint density at radius 1 is 1.23 bits per heavy atom. The average Bonchev–Trinajstić information content (AvgIpc) is 3.07. The van der Waals surface area contributed by atoms with Gasteiger partial charge < -0.3 is 19.8 Å². The number of unbranched alkanes of at least 4 members (excludes halogenated alkanes) is 1.